The van der Waals surface area contributed by atoms with Crippen LogP contribution < -0.4 is 5.32 Å². The fraction of sp³-hybridized carbons (Fsp3) is 0.909. The first-order chi connectivity index (χ1) is 7.27. The van der Waals surface area contributed by atoms with Gasteiger partial charge in [-0.05, 0) is 31.8 Å². The molecule has 2 aliphatic heterocycles. The number of amides is 1. The Morgan fingerprint density at radius 2 is 2.31 bits per heavy atom. The molecule has 0 aromatic heterocycles. The van der Waals surface area contributed by atoms with Crippen LogP contribution in [0.1, 0.15) is 19.3 Å². The molecule has 4 nitrogen and oxygen atoms in total. The van der Waals surface area contributed by atoms with E-state index in [-0.39, 0.29) is 18.3 Å². The number of halogens is 1. The number of ether oxygens (including phenoxy) is 1. The van der Waals surface area contributed by atoms with Crippen LogP contribution in [0.15, 0.2) is 0 Å². The Balaban J connectivity index is 0.00000128. The zero-order valence-electron chi connectivity index (χ0n) is 9.78. The quantitative estimate of drug-likeness (QED) is 0.798. The van der Waals surface area contributed by atoms with Crippen molar-refractivity contribution in [3.63, 3.8) is 0 Å². The maximum atomic E-state index is 11.9. The van der Waals surface area contributed by atoms with E-state index in [2.05, 4.69) is 5.32 Å². The first-order valence-electron chi connectivity index (χ1n) is 5.81. The maximum Gasteiger partial charge on any atom is 0.222 e. The van der Waals surface area contributed by atoms with Gasteiger partial charge in [0.15, 0.2) is 0 Å². The standard InChI is InChI=1S/C11H20N2O2.ClH/c1-13(10-3-5-15-8-10)11(14)6-9-2-4-12-7-9;/h9-10,12H,2-8H2,1H3;1H. The topological polar surface area (TPSA) is 41.6 Å². The Kier molecular flexibility index (Phi) is 5.52. The van der Waals surface area contributed by atoms with Crippen molar-refractivity contribution < 1.29 is 9.53 Å². The summed E-state index contributed by atoms with van der Waals surface area (Å²) in [6.07, 6.45) is 2.83. The fourth-order valence-corrected chi connectivity index (χ4v) is 2.31. The number of rotatable bonds is 3. The third-order valence-electron chi connectivity index (χ3n) is 3.47. The minimum atomic E-state index is 0. The number of nitrogens with one attached hydrogen (secondary N) is 1. The Hall–Kier alpha value is -0.320. The second-order valence-electron chi connectivity index (χ2n) is 4.59. The molecule has 16 heavy (non-hydrogen) atoms. The van der Waals surface area contributed by atoms with E-state index >= 15 is 0 Å². The lowest BCUT2D eigenvalue weighted by atomic mass is 10.0. The summed E-state index contributed by atoms with van der Waals surface area (Å²) in [7, 11) is 1.91. The van der Waals surface area contributed by atoms with Gasteiger partial charge in [0.05, 0.1) is 12.6 Å². The van der Waals surface area contributed by atoms with Crippen LogP contribution in [0.25, 0.3) is 0 Å². The van der Waals surface area contributed by atoms with Gasteiger partial charge in [0, 0.05) is 20.1 Å². The maximum absolute atomic E-state index is 11.9. The lowest BCUT2D eigenvalue weighted by molar-refractivity contribution is -0.132. The van der Waals surface area contributed by atoms with E-state index < -0.39 is 0 Å². The van der Waals surface area contributed by atoms with Crippen molar-refractivity contribution in [2.45, 2.75) is 25.3 Å². The SMILES string of the molecule is CN(C(=O)CC1CCNC1)C1CCOC1.Cl. The van der Waals surface area contributed by atoms with Crippen LogP contribution >= 0.6 is 12.4 Å². The lowest BCUT2D eigenvalue weighted by Crippen LogP contribution is -2.38. The highest BCUT2D eigenvalue weighted by molar-refractivity contribution is 5.85. The predicted molar refractivity (Wildman–Crippen MR) is 64.8 cm³/mol. The van der Waals surface area contributed by atoms with Crippen LogP contribution in [0.5, 0.6) is 0 Å². The van der Waals surface area contributed by atoms with Crippen LogP contribution in [-0.2, 0) is 9.53 Å². The van der Waals surface area contributed by atoms with Gasteiger partial charge in [0.1, 0.15) is 0 Å². The van der Waals surface area contributed by atoms with Crippen LogP contribution in [0.3, 0.4) is 0 Å². The number of likely N-dealkylation sites (N-methyl/N-ethyl adjacent to an activating group) is 1. The molecule has 0 aromatic carbocycles. The molecule has 2 unspecified atom stereocenters. The Labute approximate surface area is 103 Å². The molecule has 5 heteroatoms. The summed E-state index contributed by atoms with van der Waals surface area (Å²) in [6.45, 7) is 3.58. The summed E-state index contributed by atoms with van der Waals surface area (Å²) in [4.78, 5) is 13.8. The molecule has 94 valence electrons. The van der Waals surface area contributed by atoms with Crippen molar-refractivity contribution in [2.24, 2.45) is 5.92 Å². The lowest BCUT2D eigenvalue weighted by Gasteiger charge is -2.24. The molecule has 2 aliphatic rings. The molecule has 0 radical (unpaired) electrons. The smallest absolute Gasteiger partial charge is 0.222 e. The van der Waals surface area contributed by atoms with Crippen molar-refractivity contribution in [3.05, 3.63) is 0 Å². The molecule has 2 atom stereocenters. The van der Waals surface area contributed by atoms with E-state index in [1.54, 1.807) is 0 Å². The van der Waals surface area contributed by atoms with Gasteiger partial charge in [-0.15, -0.1) is 12.4 Å². The molecule has 0 bridgehead atoms. The predicted octanol–water partition coefficient (Wildman–Crippen LogP) is 0.655. The van der Waals surface area contributed by atoms with E-state index in [1.165, 1.54) is 0 Å². The van der Waals surface area contributed by atoms with E-state index in [4.69, 9.17) is 4.74 Å². The van der Waals surface area contributed by atoms with Crippen molar-refractivity contribution in [1.29, 1.82) is 0 Å². The number of hydrogen-bond acceptors (Lipinski definition) is 3. The van der Waals surface area contributed by atoms with Crippen LogP contribution in [0.2, 0.25) is 0 Å². The highest BCUT2D eigenvalue weighted by atomic mass is 35.5. The van der Waals surface area contributed by atoms with Gasteiger partial charge in [0.2, 0.25) is 5.91 Å². The third-order valence-corrected chi connectivity index (χ3v) is 3.47. The van der Waals surface area contributed by atoms with E-state index in [1.807, 2.05) is 11.9 Å². The van der Waals surface area contributed by atoms with Gasteiger partial charge < -0.3 is 15.0 Å². The summed E-state index contributed by atoms with van der Waals surface area (Å²) in [5, 5.41) is 3.29. The first-order valence-corrected chi connectivity index (χ1v) is 5.81. The summed E-state index contributed by atoms with van der Waals surface area (Å²) in [5.41, 5.74) is 0. The van der Waals surface area contributed by atoms with Crippen LogP contribution in [0.4, 0.5) is 0 Å². The second-order valence-corrected chi connectivity index (χ2v) is 4.59. The zero-order chi connectivity index (χ0) is 10.7. The summed E-state index contributed by atoms with van der Waals surface area (Å²) < 4.78 is 5.29. The molecule has 0 aliphatic carbocycles. The molecule has 1 amide bonds. The average Bonchev–Trinajstić information content (AvgIpc) is 2.88. The van der Waals surface area contributed by atoms with Crippen LogP contribution in [0, 0.1) is 5.92 Å². The Morgan fingerprint density at radius 3 is 2.88 bits per heavy atom. The minimum absolute atomic E-state index is 0. The van der Waals surface area contributed by atoms with Gasteiger partial charge in [-0.2, -0.15) is 0 Å². The van der Waals surface area contributed by atoms with Gasteiger partial charge in [-0.25, -0.2) is 0 Å². The summed E-state index contributed by atoms with van der Waals surface area (Å²) in [6, 6.07) is 0.312. The molecule has 1 N–H and O–H groups in total. The van der Waals surface area contributed by atoms with Gasteiger partial charge in [-0.1, -0.05) is 0 Å². The van der Waals surface area contributed by atoms with E-state index in [9.17, 15) is 4.79 Å². The normalized spacial score (nSPS) is 28.8. The number of nitrogens with zero attached hydrogens (tertiary/aromatic N) is 1. The molecule has 2 heterocycles. The highest BCUT2D eigenvalue weighted by Crippen LogP contribution is 2.17. The molecule has 2 rings (SSSR count). The number of carbonyl (C=O) groups is 1. The van der Waals surface area contributed by atoms with Gasteiger partial charge in [0.25, 0.3) is 0 Å². The van der Waals surface area contributed by atoms with Crippen molar-refractivity contribution in [2.75, 3.05) is 33.4 Å². The molecular weight excluding hydrogens is 228 g/mol. The van der Waals surface area contributed by atoms with Crippen LogP contribution in [-0.4, -0.2) is 50.2 Å². The highest BCUT2D eigenvalue weighted by Gasteiger charge is 2.26. The minimum Gasteiger partial charge on any atom is -0.379 e. The second kappa shape index (κ2) is 6.42. The largest absolute Gasteiger partial charge is 0.379 e. The first kappa shape index (κ1) is 13.7. The average molecular weight is 249 g/mol. The monoisotopic (exact) mass is 248 g/mol. The van der Waals surface area contributed by atoms with Gasteiger partial charge in [-0.3, -0.25) is 4.79 Å². The fourth-order valence-electron chi connectivity index (χ4n) is 2.31. The molecule has 0 spiro atoms. The van der Waals surface area contributed by atoms with Crippen molar-refractivity contribution in [3.8, 4) is 0 Å². The zero-order valence-corrected chi connectivity index (χ0v) is 10.6. The number of hydrogen-bond donors (Lipinski definition) is 1. The number of carbonyl (C=O) groups excluding carboxylic acids is 1. The van der Waals surface area contributed by atoms with E-state index in [0.29, 0.717) is 25.0 Å². The Bertz CT molecular complexity index is 226. The molecule has 0 aromatic rings. The third kappa shape index (κ3) is 3.34. The molecule has 0 saturated carbocycles. The summed E-state index contributed by atoms with van der Waals surface area (Å²) in [5.74, 6) is 0.821. The molecule has 2 fully saturated rings. The molecule has 2 saturated heterocycles. The summed E-state index contributed by atoms with van der Waals surface area (Å²) >= 11 is 0. The molecular formula is C11H21ClN2O2. The van der Waals surface area contributed by atoms with Gasteiger partial charge >= 0.3 is 0 Å². The van der Waals surface area contributed by atoms with Crippen molar-refractivity contribution in [1.82, 2.24) is 10.2 Å². The Morgan fingerprint density at radius 1 is 1.50 bits per heavy atom. The van der Waals surface area contributed by atoms with E-state index in [0.717, 1.165) is 32.5 Å². The van der Waals surface area contributed by atoms with Crippen molar-refractivity contribution >= 4 is 18.3 Å².